The van der Waals surface area contributed by atoms with Crippen LogP contribution in [0.3, 0.4) is 0 Å². The van der Waals surface area contributed by atoms with E-state index >= 15 is 0 Å². The quantitative estimate of drug-likeness (QED) is 0.870. The molecule has 0 bridgehead atoms. The van der Waals surface area contributed by atoms with Crippen LogP contribution in [0.1, 0.15) is 31.8 Å². The smallest absolute Gasteiger partial charge is 0.118 e. The molecular weight excluding hydrogens is 228 g/mol. The van der Waals surface area contributed by atoms with Crippen molar-refractivity contribution in [2.75, 3.05) is 26.3 Å². The van der Waals surface area contributed by atoms with Crippen LogP contribution >= 0.6 is 0 Å². The van der Waals surface area contributed by atoms with Crippen LogP contribution in [-0.2, 0) is 17.8 Å². The number of nitrogens with zero attached hydrogens (tertiary/aromatic N) is 1. The Bertz CT molecular complexity index is 341. The second-order valence-electron chi connectivity index (χ2n) is 5.15. The van der Waals surface area contributed by atoms with Crippen LogP contribution in [0, 0.1) is 0 Å². The fourth-order valence-corrected chi connectivity index (χ4v) is 2.08. The lowest BCUT2D eigenvalue weighted by Gasteiger charge is -2.17. The monoisotopic (exact) mass is 252 g/mol. The fraction of sp³-hybridized carbons (Fsp3) is 0.714. The molecule has 1 aliphatic rings. The summed E-state index contributed by atoms with van der Waals surface area (Å²) < 4.78 is 11.3. The molecule has 1 aromatic rings. The Kier molecular flexibility index (Phi) is 5.23. The summed E-state index contributed by atoms with van der Waals surface area (Å²) in [5.74, 6) is 2.07. The van der Waals surface area contributed by atoms with Crippen molar-refractivity contribution in [3.05, 3.63) is 23.7 Å². The maximum Gasteiger partial charge on any atom is 0.118 e. The highest BCUT2D eigenvalue weighted by atomic mass is 16.5. The van der Waals surface area contributed by atoms with E-state index in [1.165, 1.54) is 0 Å². The van der Waals surface area contributed by atoms with Gasteiger partial charge < -0.3 is 14.5 Å². The van der Waals surface area contributed by atoms with Gasteiger partial charge in [0.25, 0.3) is 0 Å². The fourth-order valence-electron chi connectivity index (χ4n) is 2.08. The highest BCUT2D eigenvalue weighted by molar-refractivity contribution is 5.07. The average Bonchev–Trinajstić information content (AvgIpc) is 2.62. The van der Waals surface area contributed by atoms with Crippen LogP contribution in [0.4, 0.5) is 0 Å². The molecule has 0 spiro atoms. The van der Waals surface area contributed by atoms with E-state index in [0.717, 1.165) is 57.3 Å². The Labute approximate surface area is 109 Å². The van der Waals surface area contributed by atoms with Gasteiger partial charge in [0.2, 0.25) is 0 Å². The summed E-state index contributed by atoms with van der Waals surface area (Å²) in [5, 5.41) is 3.36. The summed E-state index contributed by atoms with van der Waals surface area (Å²) in [6.07, 6.45) is 1.11. The van der Waals surface area contributed by atoms with Gasteiger partial charge in [-0.25, -0.2) is 0 Å². The van der Waals surface area contributed by atoms with Gasteiger partial charge in [-0.1, -0.05) is 13.8 Å². The normalized spacial score (nSPS) is 18.2. The molecule has 2 rings (SSSR count). The summed E-state index contributed by atoms with van der Waals surface area (Å²) in [6, 6.07) is 4.64. The average molecular weight is 252 g/mol. The molecule has 0 atom stereocenters. The van der Waals surface area contributed by atoms with Crippen LogP contribution < -0.4 is 5.32 Å². The summed E-state index contributed by atoms with van der Waals surface area (Å²) in [6.45, 7) is 9.80. The zero-order valence-electron chi connectivity index (χ0n) is 11.4. The molecule has 0 unspecified atom stereocenters. The Balaban J connectivity index is 1.81. The van der Waals surface area contributed by atoms with E-state index < -0.39 is 0 Å². The van der Waals surface area contributed by atoms with E-state index in [0.29, 0.717) is 6.04 Å². The third-order valence-electron chi connectivity index (χ3n) is 3.10. The van der Waals surface area contributed by atoms with E-state index in [2.05, 4.69) is 36.2 Å². The van der Waals surface area contributed by atoms with Crippen molar-refractivity contribution in [3.8, 4) is 0 Å². The number of hydrogen-bond donors (Lipinski definition) is 1. The topological polar surface area (TPSA) is 37.6 Å². The first-order chi connectivity index (χ1) is 8.74. The van der Waals surface area contributed by atoms with Crippen molar-refractivity contribution >= 4 is 0 Å². The van der Waals surface area contributed by atoms with Crippen LogP contribution in [0.15, 0.2) is 16.5 Å². The second kappa shape index (κ2) is 6.92. The lowest BCUT2D eigenvalue weighted by Crippen LogP contribution is -2.25. The summed E-state index contributed by atoms with van der Waals surface area (Å²) in [7, 11) is 0. The van der Waals surface area contributed by atoms with Gasteiger partial charge in [0.1, 0.15) is 11.5 Å². The summed E-state index contributed by atoms with van der Waals surface area (Å²) in [4.78, 5) is 2.39. The van der Waals surface area contributed by atoms with Gasteiger partial charge in [0, 0.05) is 25.7 Å². The minimum Gasteiger partial charge on any atom is -0.463 e. The molecule has 0 saturated carbocycles. The van der Waals surface area contributed by atoms with Gasteiger partial charge >= 0.3 is 0 Å². The third kappa shape index (κ3) is 4.44. The molecule has 4 heteroatoms. The van der Waals surface area contributed by atoms with Gasteiger partial charge in [-0.15, -0.1) is 0 Å². The van der Waals surface area contributed by atoms with E-state index in [1.54, 1.807) is 0 Å². The number of hydrogen-bond acceptors (Lipinski definition) is 4. The van der Waals surface area contributed by atoms with Gasteiger partial charge in [-0.2, -0.15) is 0 Å². The Morgan fingerprint density at radius 3 is 2.89 bits per heavy atom. The lowest BCUT2D eigenvalue weighted by molar-refractivity contribution is 0.139. The lowest BCUT2D eigenvalue weighted by atomic mass is 10.3. The zero-order chi connectivity index (χ0) is 12.8. The first-order valence-corrected chi connectivity index (χ1v) is 6.85. The molecule has 0 aliphatic carbocycles. The first-order valence-electron chi connectivity index (χ1n) is 6.85. The molecule has 1 fully saturated rings. The molecule has 102 valence electrons. The Hall–Kier alpha value is -0.840. The van der Waals surface area contributed by atoms with E-state index in [4.69, 9.17) is 9.15 Å². The standard InChI is InChI=1S/C14H24N2O2/c1-12(2)15-10-13-4-5-14(18-13)11-16-6-3-8-17-9-7-16/h4-5,12,15H,3,6-11H2,1-2H3. The molecule has 2 heterocycles. The van der Waals surface area contributed by atoms with Gasteiger partial charge in [0.15, 0.2) is 0 Å². The minimum absolute atomic E-state index is 0.487. The predicted molar refractivity (Wildman–Crippen MR) is 71.4 cm³/mol. The van der Waals surface area contributed by atoms with Gasteiger partial charge in [-0.3, -0.25) is 4.90 Å². The van der Waals surface area contributed by atoms with Crippen molar-refractivity contribution in [1.29, 1.82) is 0 Å². The molecule has 1 saturated heterocycles. The zero-order valence-corrected chi connectivity index (χ0v) is 11.4. The van der Waals surface area contributed by atoms with Crippen LogP contribution in [-0.4, -0.2) is 37.2 Å². The molecule has 1 N–H and O–H groups in total. The van der Waals surface area contributed by atoms with Crippen molar-refractivity contribution in [2.24, 2.45) is 0 Å². The van der Waals surface area contributed by atoms with Crippen LogP contribution in [0.25, 0.3) is 0 Å². The van der Waals surface area contributed by atoms with Crippen LogP contribution in [0.2, 0.25) is 0 Å². The van der Waals surface area contributed by atoms with Crippen molar-refractivity contribution in [2.45, 2.75) is 39.4 Å². The maximum atomic E-state index is 5.83. The van der Waals surface area contributed by atoms with E-state index in [-0.39, 0.29) is 0 Å². The molecule has 18 heavy (non-hydrogen) atoms. The highest BCUT2D eigenvalue weighted by Crippen LogP contribution is 2.12. The molecule has 0 amide bonds. The van der Waals surface area contributed by atoms with Crippen molar-refractivity contribution < 1.29 is 9.15 Å². The summed E-state index contributed by atoms with van der Waals surface area (Å²) in [5.41, 5.74) is 0. The predicted octanol–water partition coefficient (Wildman–Crippen LogP) is 2.00. The number of nitrogens with one attached hydrogen (secondary N) is 1. The summed E-state index contributed by atoms with van der Waals surface area (Å²) >= 11 is 0. The van der Waals surface area contributed by atoms with Crippen LogP contribution in [0.5, 0.6) is 0 Å². The second-order valence-corrected chi connectivity index (χ2v) is 5.15. The molecule has 0 radical (unpaired) electrons. The molecule has 0 aromatic carbocycles. The maximum absolute atomic E-state index is 5.83. The highest BCUT2D eigenvalue weighted by Gasteiger charge is 2.11. The number of furan rings is 1. The number of rotatable bonds is 5. The SMILES string of the molecule is CC(C)NCc1ccc(CN2CCCOCC2)o1. The minimum atomic E-state index is 0.487. The Morgan fingerprint density at radius 2 is 2.06 bits per heavy atom. The van der Waals surface area contributed by atoms with Gasteiger partial charge in [-0.05, 0) is 18.6 Å². The molecule has 1 aliphatic heterocycles. The molecule has 4 nitrogen and oxygen atoms in total. The Morgan fingerprint density at radius 1 is 1.22 bits per heavy atom. The van der Waals surface area contributed by atoms with E-state index in [9.17, 15) is 0 Å². The van der Waals surface area contributed by atoms with Gasteiger partial charge in [0.05, 0.1) is 19.7 Å². The number of ether oxygens (including phenoxy) is 1. The largest absolute Gasteiger partial charge is 0.463 e. The van der Waals surface area contributed by atoms with E-state index in [1.807, 2.05) is 0 Å². The molecular formula is C14H24N2O2. The first kappa shape index (κ1) is 13.6. The molecule has 1 aromatic heterocycles. The van der Waals surface area contributed by atoms with Crippen molar-refractivity contribution in [3.63, 3.8) is 0 Å². The van der Waals surface area contributed by atoms with Crippen molar-refractivity contribution in [1.82, 2.24) is 10.2 Å². The third-order valence-corrected chi connectivity index (χ3v) is 3.10.